The zero-order valence-corrected chi connectivity index (χ0v) is 45.7. The predicted molar refractivity (Wildman–Crippen MR) is 297 cm³/mol. The van der Waals surface area contributed by atoms with Crippen LogP contribution in [0.5, 0.6) is 11.5 Å². The number of para-hydroxylation sites is 1. The van der Waals surface area contributed by atoms with Gasteiger partial charge in [-0.05, 0) is 124 Å². The number of likely N-dealkylation sites (N-methyl/N-ethyl adjacent to an activating group) is 1. The Morgan fingerprint density at radius 1 is 0.663 bits per heavy atom. The average molecular weight is 1150 g/mol. The number of fused-ring (bicyclic) bond motifs is 7. The Labute approximate surface area is 474 Å². The Balaban J connectivity index is 0.711. The fraction of sp³-hybridized carbons (Fsp3) is 0.371. The maximum atomic E-state index is 14.0. The van der Waals surface area contributed by atoms with Crippen molar-refractivity contribution in [2.45, 2.75) is 115 Å². The van der Waals surface area contributed by atoms with Crippen LogP contribution >= 0.6 is 0 Å². The second-order valence-corrected chi connectivity index (χ2v) is 21.1. The van der Waals surface area contributed by atoms with Gasteiger partial charge in [-0.15, -0.1) is 0 Å². The molecule has 83 heavy (non-hydrogen) atoms. The summed E-state index contributed by atoms with van der Waals surface area (Å²) in [7, 11) is 0. The summed E-state index contributed by atoms with van der Waals surface area (Å²) in [5.41, 5.74) is 1.08. The van der Waals surface area contributed by atoms with Crippen LogP contribution in [0.3, 0.4) is 0 Å². The van der Waals surface area contributed by atoms with Crippen LogP contribution in [0.15, 0.2) is 109 Å². The van der Waals surface area contributed by atoms with Crippen molar-refractivity contribution in [3.63, 3.8) is 0 Å². The van der Waals surface area contributed by atoms with Crippen molar-refractivity contribution in [1.29, 1.82) is 0 Å². The molecule has 15 nitrogen and oxygen atoms in total. The molecule has 0 bridgehead atoms. The number of alkyl halides is 6. The Hall–Kier alpha value is -8.49. The van der Waals surface area contributed by atoms with Crippen molar-refractivity contribution in [2.24, 2.45) is 11.8 Å². The summed E-state index contributed by atoms with van der Waals surface area (Å²) in [5.74, 6) is -6.50. The number of ketones is 1. The van der Waals surface area contributed by atoms with Crippen molar-refractivity contribution in [3.05, 3.63) is 148 Å². The Bertz CT molecular complexity index is 3400. The number of esters is 1. The van der Waals surface area contributed by atoms with Crippen molar-refractivity contribution >= 4 is 69.3 Å². The lowest BCUT2D eigenvalue weighted by Crippen LogP contribution is -2.35. The van der Waals surface area contributed by atoms with E-state index in [-0.39, 0.29) is 86.7 Å². The van der Waals surface area contributed by atoms with Crippen molar-refractivity contribution in [2.75, 3.05) is 35.2 Å². The lowest BCUT2D eigenvalue weighted by molar-refractivity contribution is -0.167. The highest BCUT2D eigenvalue weighted by atomic mass is 19.4. The maximum absolute atomic E-state index is 14.0. The third-order valence-electron chi connectivity index (χ3n) is 15.6. The summed E-state index contributed by atoms with van der Waals surface area (Å²) in [5, 5.41) is 10.3. The predicted octanol–water partition coefficient (Wildman–Crippen LogP) is 12.1. The highest BCUT2D eigenvalue weighted by Crippen LogP contribution is 2.57. The van der Waals surface area contributed by atoms with Crippen molar-refractivity contribution in [3.8, 4) is 11.5 Å². The van der Waals surface area contributed by atoms with Crippen molar-refractivity contribution < 1.29 is 69.4 Å². The molecule has 1 spiro atoms. The van der Waals surface area contributed by atoms with E-state index in [0.717, 1.165) is 97.8 Å². The van der Waals surface area contributed by atoms with Gasteiger partial charge in [-0.2, -0.15) is 26.3 Å². The number of Topliss-reactive ketones (excluding diaryl/α,β-unsaturated/α-hetero) is 1. The van der Waals surface area contributed by atoms with Gasteiger partial charge in [0.2, 0.25) is 11.8 Å². The Kier molecular flexibility index (Phi) is 17.8. The molecule has 0 atom stereocenters. The lowest BCUT2D eigenvalue weighted by Gasteiger charge is -2.37. The Morgan fingerprint density at radius 2 is 1.27 bits per heavy atom. The first kappa shape index (κ1) is 59.1. The van der Waals surface area contributed by atoms with E-state index in [0.29, 0.717) is 51.0 Å². The van der Waals surface area contributed by atoms with Gasteiger partial charge in [-0.1, -0.05) is 69.0 Å². The quantitative estimate of drug-likeness (QED) is 0.0235. The number of rotatable bonds is 21. The number of unbranched alkanes of at least 4 members (excludes halogenated alkanes) is 5. The molecule has 1 aliphatic carbocycles. The van der Waals surface area contributed by atoms with Gasteiger partial charge in [-0.25, -0.2) is 4.79 Å². The molecule has 4 N–H and O–H groups in total. The number of ether oxygens (including phenoxy) is 2. The molecule has 9 rings (SSSR count). The minimum Gasteiger partial charge on any atom is -0.456 e. The van der Waals surface area contributed by atoms with Gasteiger partial charge < -0.3 is 40.2 Å². The minimum atomic E-state index is -5.25. The molecule has 0 saturated heterocycles. The molecular formula is C62H62F6N6O9. The number of halogens is 6. The molecule has 5 aromatic carbocycles. The Morgan fingerprint density at radius 3 is 1.88 bits per heavy atom. The van der Waals surface area contributed by atoms with Gasteiger partial charge in [0.1, 0.15) is 18.0 Å². The summed E-state index contributed by atoms with van der Waals surface area (Å²) >= 11 is 0. The van der Waals surface area contributed by atoms with Crippen LogP contribution < -0.4 is 30.9 Å². The second kappa shape index (κ2) is 24.9. The van der Waals surface area contributed by atoms with Gasteiger partial charge in [0.25, 0.3) is 5.91 Å². The zero-order valence-electron chi connectivity index (χ0n) is 45.7. The normalized spacial score (nSPS) is 16.0. The van der Waals surface area contributed by atoms with E-state index in [1.807, 2.05) is 66.1 Å². The molecule has 3 heterocycles. The monoisotopic (exact) mass is 1150 g/mol. The maximum Gasteiger partial charge on any atom is 0.471 e. The number of nitrogens with one attached hydrogen (secondary N) is 4. The number of hydrogen-bond donors (Lipinski definition) is 4. The van der Waals surface area contributed by atoms with Crippen LogP contribution in [-0.4, -0.2) is 77.8 Å². The first-order chi connectivity index (χ1) is 39.7. The topological polar surface area (TPSA) is 194 Å². The number of benzene rings is 5. The molecule has 0 unspecified atom stereocenters. The van der Waals surface area contributed by atoms with Crippen LogP contribution in [0, 0.1) is 11.8 Å². The van der Waals surface area contributed by atoms with Gasteiger partial charge >= 0.3 is 30.1 Å². The first-order valence-corrected chi connectivity index (χ1v) is 27.9. The fourth-order valence-corrected chi connectivity index (χ4v) is 11.3. The van der Waals surface area contributed by atoms with E-state index in [2.05, 4.69) is 17.6 Å². The SMILES string of the molecule is CCc1cccc(N(CC)C(=O)Cn2c(C(=O)CC3CCC(C(=O)NCCCCCCCCNC(=O)c4ccc5c(c4)C(=O)OC54c5ccc(NC(=O)C(F)(F)F)cc5Oc5cc(NC(=O)C(F)(F)F)ccc54)CC3)cc3ccccc32)c1. The van der Waals surface area contributed by atoms with E-state index in [4.69, 9.17) is 9.47 Å². The summed E-state index contributed by atoms with van der Waals surface area (Å²) in [6.45, 7) is 5.43. The van der Waals surface area contributed by atoms with Gasteiger partial charge in [0.15, 0.2) is 11.4 Å². The molecule has 21 heteroatoms. The molecule has 3 aliphatic rings. The highest BCUT2D eigenvalue weighted by molar-refractivity contribution is 6.04. The minimum absolute atomic E-state index is 0.00960. The van der Waals surface area contributed by atoms with Gasteiger partial charge in [-0.3, -0.25) is 28.8 Å². The average Bonchev–Trinajstić information content (AvgIpc) is 2.33. The number of hydrogen-bond acceptors (Lipinski definition) is 9. The molecule has 1 aromatic heterocycles. The standard InChI is InChI=1S/C62H62F6N6O9/c1-3-37-14-13-16-44(30-37)73(4-2)54(76)36-74-49-17-10-9-15-40(49)33-50(74)51(75)31-38-18-20-39(21-19-38)55(77)69-28-11-7-5-6-8-12-29-70-56(78)41-22-25-46-45(32-41)57(79)83-60(46)47-26-23-42(71-58(80)61(63,64)65)34-52(47)82-53-35-43(24-27-48(53)60)72-59(81)62(66,67)68/h9-10,13-17,22-27,30,32-35,38-39H,3-8,11-12,18-21,28-29,31,36H2,1-2H3,(H,69,77)(H,70,78)(H,71,80)(H,72,81). The summed E-state index contributed by atoms with van der Waals surface area (Å²) in [6.07, 6.45) is -1.42. The second-order valence-electron chi connectivity index (χ2n) is 21.1. The van der Waals surface area contributed by atoms with Crippen LogP contribution in [0.25, 0.3) is 10.9 Å². The van der Waals surface area contributed by atoms with E-state index in [9.17, 15) is 59.9 Å². The van der Waals surface area contributed by atoms with Crippen molar-refractivity contribution in [1.82, 2.24) is 15.2 Å². The van der Waals surface area contributed by atoms with Crippen LogP contribution in [0.1, 0.15) is 138 Å². The van der Waals surface area contributed by atoms with E-state index in [1.54, 1.807) is 15.5 Å². The molecule has 1 saturated carbocycles. The fourth-order valence-electron chi connectivity index (χ4n) is 11.3. The smallest absolute Gasteiger partial charge is 0.456 e. The summed E-state index contributed by atoms with van der Waals surface area (Å²) in [4.78, 5) is 93.4. The molecule has 6 aromatic rings. The van der Waals surface area contributed by atoms with Crippen LogP contribution in [0.2, 0.25) is 0 Å². The number of carbonyl (C=O) groups is 7. The molecule has 0 radical (unpaired) electrons. The number of carbonyl (C=O) groups excluding carboxylic acids is 7. The van der Waals surface area contributed by atoms with E-state index < -0.39 is 41.6 Å². The number of anilines is 3. The number of amides is 5. The summed E-state index contributed by atoms with van der Waals surface area (Å²) < 4.78 is 92.6. The number of aromatic nitrogens is 1. The molecule has 1 fully saturated rings. The van der Waals surface area contributed by atoms with Gasteiger partial charge in [0, 0.05) is 94.3 Å². The van der Waals surface area contributed by atoms with Crippen LogP contribution in [0.4, 0.5) is 43.4 Å². The molecule has 2 aliphatic heterocycles. The van der Waals surface area contributed by atoms with Gasteiger partial charge in [0.05, 0.1) is 11.3 Å². The van der Waals surface area contributed by atoms with Crippen LogP contribution in [-0.2, 0) is 42.5 Å². The van der Waals surface area contributed by atoms with E-state index >= 15 is 0 Å². The largest absolute Gasteiger partial charge is 0.471 e. The highest BCUT2D eigenvalue weighted by Gasteiger charge is 2.54. The van der Waals surface area contributed by atoms with E-state index in [1.165, 1.54) is 30.3 Å². The lowest BCUT2D eigenvalue weighted by atomic mass is 9.77. The third-order valence-corrected chi connectivity index (χ3v) is 15.6. The zero-order chi connectivity index (χ0) is 59.2. The molecule has 5 amide bonds. The molecular weight excluding hydrogens is 1090 g/mol. The number of aryl methyl sites for hydroxylation is 1. The third kappa shape index (κ3) is 13.1. The molecule has 436 valence electrons. The first-order valence-electron chi connectivity index (χ1n) is 27.9. The number of nitrogens with zero attached hydrogens (tertiary/aromatic N) is 2. The summed E-state index contributed by atoms with van der Waals surface area (Å²) in [6, 6.07) is 28.6.